The van der Waals surface area contributed by atoms with E-state index in [0.717, 1.165) is 11.3 Å². The molecule has 0 atom stereocenters. The van der Waals surface area contributed by atoms with E-state index in [9.17, 15) is 4.79 Å². The molecule has 98 valence electrons. The van der Waals surface area contributed by atoms with Gasteiger partial charge >= 0.3 is 0 Å². The van der Waals surface area contributed by atoms with Crippen LogP contribution in [-0.2, 0) is 6.54 Å². The van der Waals surface area contributed by atoms with Crippen molar-refractivity contribution in [2.24, 2.45) is 5.73 Å². The minimum Gasteiger partial charge on any atom is -0.454 e. The average molecular weight is 259 g/mol. The van der Waals surface area contributed by atoms with E-state index in [0.29, 0.717) is 24.5 Å². The molecule has 0 spiro atoms. The van der Waals surface area contributed by atoms with Crippen molar-refractivity contribution in [2.75, 3.05) is 13.3 Å². The molecular formula is C13H13N3O3. The number of aromatic nitrogens is 2. The summed E-state index contributed by atoms with van der Waals surface area (Å²) in [6.07, 6.45) is 0. The molecule has 1 aromatic heterocycles. The van der Waals surface area contributed by atoms with E-state index < -0.39 is 0 Å². The zero-order valence-corrected chi connectivity index (χ0v) is 10.2. The Kier molecular flexibility index (Phi) is 2.92. The van der Waals surface area contributed by atoms with E-state index in [-0.39, 0.29) is 12.4 Å². The van der Waals surface area contributed by atoms with Gasteiger partial charge in [0, 0.05) is 18.2 Å². The van der Waals surface area contributed by atoms with Gasteiger partial charge in [-0.1, -0.05) is 0 Å². The number of nitrogens with two attached hydrogens (primary N) is 1. The summed E-state index contributed by atoms with van der Waals surface area (Å²) >= 11 is 0. The Bertz CT molecular complexity index is 666. The van der Waals surface area contributed by atoms with Gasteiger partial charge in [0.2, 0.25) is 6.79 Å². The van der Waals surface area contributed by atoms with Crippen LogP contribution in [0.5, 0.6) is 11.5 Å². The van der Waals surface area contributed by atoms with Crippen molar-refractivity contribution in [1.82, 2.24) is 9.78 Å². The third-order valence-electron chi connectivity index (χ3n) is 2.88. The highest BCUT2D eigenvalue weighted by atomic mass is 16.7. The fourth-order valence-corrected chi connectivity index (χ4v) is 1.94. The summed E-state index contributed by atoms with van der Waals surface area (Å²) < 4.78 is 11.9. The Morgan fingerprint density at radius 3 is 2.89 bits per heavy atom. The quantitative estimate of drug-likeness (QED) is 0.873. The maximum absolute atomic E-state index is 11.6. The number of hydrogen-bond donors (Lipinski definition) is 1. The predicted octanol–water partition coefficient (Wildman–Crippen LogP) is 0.598. The standard InChI is InChI=1S/C13H13N3O3/c14-5-6-16-13(17)4-2-10(15-16)9-1-3-11-12(7-9)19-8-18-11/h1-4,7H,5-6,8,14H2. The summed E-state index contributed by atoms with van der Waals surface area (Å²) in [5.41, 5.74) is 6.87. The lowest BCUT2D eigenvalue weighted by molar-refractivity contribution is 0.174. The minimum atomic E-state index is -0.157. The molecule has 2 aromatic rings. The van der Waals surface area contributed by atoms with Crippen molar-refractivity contribution < 1.29 is 9.47 Å². The van der Waals surface area contributed by atoms with E-state index in [1.54, 1.807) is 6.07 Å². The zero-order chi connectivity index (χ0) is 13.2. The Morgan fingerprint density at radius 2 is 2.05 bits per heavy atom. The topological polar surface area (TPSA) is 79.4 Å². The Hall–Kier alpha value is -2.34. The molecule has 2 N–H and O–H groups in total. The van der Waals surface area contributed by atoms with Crippen LogP contribution < -0.4 is 20.8 Å². The number of hydrogen-bond acceptors (Lipinski definition) is 5. The fraction of sp³-hybridized carbons (Fsp3) is 0.231. The van der Waals surface area contributed by atoms with Crippen LogP contribution in [0, 0.1) is 0 Å². The van der Waals surface area contributed by atoms with Crippen LogP contribution in [0.3, 0.4) is 0 Å². The van der Waals surface area contributed by atoms with Crippen LogP contribution in [0.4, 0.5) is 0 Å². The highest BCUT2D eigenvalue weighted by Gasteiger charge is 2.14. The molecule has 0 unspecified atom stereocenters. The van der Waals surface area contributed by atoms with Crippen molar-refractivity contribution in [3.63, 3.8) is 0 Å². The third-order valence-corrected chi connectivity index (χ3v) is 2.88. The van der Waals surface area contributed by atoms with Crippen LogP contribution in [0.1, 0.15) is 0 Å². The van der Waals surface area contributed by atoms with Gasteiger partial charge in [0.25, 0.3) is 5.56 Å². The van der Waals surface area contributed by atoms with Crippen molar-refractivity contribution >= 4 is 0 Å². The molecular weight excluding hydrogens is 246 g/mol. The zero-order valence-electron chi connectivity index (χ0n) is 10.2. The lowest BCUT2D eigenvalue weighted by Crippen LogP contribution is -2.25. The summed E-state index contributed by atoms with van der Waals surface area (Å²) in [6.45, 7) is 1.01. The SMILES string of the molecule is NCCn1nc(-c2ccc3c(c2)OCO3)ccc1=O. The lowest BCUT2D eigenvalue weighted by atomic mass is 10.1. The lowest BCUT2D eigenvalue weighted by Gasteiger charge is -2.06. The Balaban J connectivity index is 2.02. The highest BCUT2D eigenvalue weighted by molar-refractivity contribution is 5.63. The van der Waals surface area contributed by atoms with Gasteiger partial charge in [0.15, 0.2) is 11.5 Å². The second kappa shape index (κ2) is 4.74. The van der Waals surface area contributed by atoms with E-state index in [1.165, 1.54) is 10.7 Å². The molecule has 0 radical (unpaired) electrons. The third kappa shape index (κ3) is 2.17. The fourth-order valence-electron chi connectivity index (χ4n) is 1.94. The molecule has 1 aliphatic heterocycles. The predicted molar refractivity (Wildman–Crippen MR) is 69.1 cm³/mol. The van der Waals surface area contributed by atoms with Gasteiger partial charge in [-0.3, -0.25) is 4.79 Å². The first kappa shape index (κ1) is 11.7. The van der Waals surface area contributed by atoms with Gasteiger partial charge in [-0.2, -0.15) is 5.10 Å². The molecule has 3 rings (SSSR count). The second-order valence-corrected chi connectivity index (χ2v) is 4.14. The number of fused-ring (bicyclic) bond motifs is 1. The normalized spacial score (nSPS) is 12.7. The van der Waals surface area contributed by atoms with E-state index >= 15 is 0 Å². The summed E-state index contributed by atoms with van der Waals surface area (Å²) in [5, 5.41) is 4.29. The minimum absolute atomic E-state index is 0.157. The summed E-state index contributed by atoms with van der Waals surface area (Å²) in [4.78, 5) is 11.6. The smallest absolute Gasteiger partial charge is 0.266 e. The molecule has 0 amide bonds. The Morgan fingerprint density at radius 1 is 1.21 bits per heavy atom. The van der Waals surface area contributed by atoms with Gasteiger partial charge in [-0.25, -0.2) is 4.68 Å². The van der Waals surface area contributed by atoms with Crippen LogP contribution >= 0.6 is 0 Å². The second-order valence-electron chi connectivity index (χ2n) is 4.14. The monoisotopic (exact) mass is 259 g/mol. The van der Waals surface area contributed by atoms with E-state index in [4.69, 9.17) is 15.2 Å². The van der Waals surface area contributed by atoms with Gasteiger partial charge in [-0.05, 0) is 24.3 Å². The van der Waals surface area contributed by atoms with E-state index in [2.05, 4.69) is 5.10 Å². The van der Waals surface area contributed by atoms with Crippen molar-refractivity contribution in [2.45, 2.75) is 6.54 Å². The van der Waals surface area contributed by atoms with Gasteiger partial charge in [0.1, 0.15) is 0 Å². The molecule has 0 saturated heterocycles. The molecule has 0 bridgehead atoms. The first-order chi connectivity index (χ1) is 9.28. The first-order valence-electron chi connectivity index (χ1n) is 5.96. The molecule has 1 aliphatic rings. The molecule has 1 aromatic carbocycles. The molecule has 0 fully saturated rings. The van der Waals surface area contributed by atoms with Gasteiger partial charge in [-0.15, -0.1) is 0 Å². The maximum atomic E-state index is 11.6. The number of ether oxygens (including phenoxy) is 2. The number of nitrogens with zero attached hydrogens (tertiary/aromatic N) is 2. The molecule has 0 aliphatic carbocycles. The van der Waals surface area contributed by atoms with Crippen molar-refractivity contribution in [1.29, 1.82) is 0 Å². The molecule has 2 heterocycles. The average Bonchev–Trinajstić information content (AvgIpc) is 2.89. The van der Waals surface area contributed by atoms with Crippen LogP contribution in [0.15, 0.2) is 35.1 Å². The van der Waals surface area contributed by atoms with Crippen molar-refractivity contribution in [3.05, 3.63) is 40.7 Å². The Labute approximate surface area is 109 Å². The van der Waals surface area contributed by atoms with Crippen LogP contribution in [-0.4, -0.2) is 23.1 Å². The molecule has 0 saturated carbocycles. The summed E-state index contributed by atoms with van der Waals surface area (Å²) in [5.74, 6) is 1.41. The largest absolute Gasteiger partial charge is 0.454 e. The molecule has 19 heavy (non-hydrogen) atoms. The maximum Gasteiger partial charge on any atom is 0.266 e. The summed E-state index contributed by atoms with van der Waals surface area (Å²) in [6, 6.07) is 8.74. The first-order valence-corrected chi connectivity index (χ1v) is 5.96. The van der Waals surface area contributed by atoms with Crippen LogP contribution in [0.2, 0.25) is 0 Å². The van der Waals surface area contributed by atoms with Gasteiger partial charge in [0.05, 0.1) is 12.2 Å². The summed E-state index contributed by atoms with van der Waals surface area (Å²) in [7, 11) is 0. The molecule has 6 nitrogen and oxygen atoms in total. The van der Waals surface area contributed by atoms with Crippen molar-refractivity contribution in [3.8, 4) is 22.8 Å². The number of rotatable bonds is 3. The van der Waals surface area contributed by atoms with Crippen LogP contribution in [0.25, 0.3) is 11.3 Å². The highest BCUT2D eigenvalue weighted by Crippen LogP contribution is 2.35. The van der Waals surface area contributed by atoms with E-state index in [1.807, 2.05) is 18.2 Å². The molecule has 6 heteroatoms. The number of benzene rings is 1. The van der Waals surface area contributed by atoms with Gasteiger partial charge < -0.3 is 15.2 Å².